The summed E-state index contributed by atoms with van der Waals surface area (Å²) in [6.45, 7) is 5.18. The van der Waals surface area contributed by atoms with Gasteiger partial charge in [0.2, 0.25) is 0 Å². The first-order chi connectivity index (χ1) is 3.18. The number of rotatable bonds is 2. The molecule has 2 N–H and O–H groups in total. The molecule has 7 heavy (non-hydrogen) atoms. The van der Waals surface area contributed by atoms with E-state index in [0.717, 1.165) is 0 Å². The van der Waals surface area contributed by atoms with Crippen LogP contribution in [0.5, 0.6) is 0 Å². The van der Waals surface area contributed by atoms with E-state index >= 15 is 0 Å². The van der Waals surface area contributed by atoms with E-state index in [-0.39, 0.29) is 0 Å². The molecule has 0 saturated heterocycles. The van der Waals surface area contributed by atoms with Crippen LogP contribution in [0, 0.1) is 0 Å². The summed E-state index contributed by atoms with van der Waals surface area (Å²) in [6, 6.07) is 0. The number of aliphatic hydroxyl groups is 1. The predicted molar refractivity (Wildman–Crippen MR) is 29.9 cm³/mol. The van der Waals surface area contributed by atoms with E-state index in [2.05, 4.69) is 11.9 Å². The maximum absolute atomic E-state index is 8.66. The van der Waals surface area contributed by atoms with Gasteiger partial charge >= 0.3 is 0 Å². The Morgan fingerprint density at radius 2 is 2.29 bits per heavy atom. The van der Waals surface area contributed by atoms with E-state index in [9.17, 15) is 0 Å². The summed E-state index contributed by atoms with van der Waals surface area (Å²) in [6.07, 6.45) is -0.440. The molecule has 0 aromatic carbocycles. The van der Waals surface area contributed by atoms with Gasteiger partial charge < -0.3 is 10.4 Å². The number of nitrogens with one attached hydrogen (secondary N) is 1. The van der Waals surface area contributed by atoms with Gasteiger partial charge in [0.1, 0.15) is 0 Å². The maximum atomic E-state index is 8.66. The lowest BCUT2D eigenvalue weighted by atomic mass is 10.3. The standard InChI is InChI=1S/C5H11NO/c1-4(6-3)5(2)7/h5-7H,1H2,2-3H3. The topological polar surface area (TPSA) is 32.3 Å². The second-order valence-corrected chi connectivity index (χ2v) is 1.45. The van der Waals surface area contributed by atoms with Crippen LogP contribution in [0.4, 0.5) is 0 Å². The average Bonchev–Trinajstić information content (AvgIpc) is 1.65. The molecule has 2 nitrogen and oxygen atoms in total. The van der Waals surface area contributed by atoms with E-state index in [1.807, 2.05) is 0 Å². The highest BCUT2D eigenvalue weighted by molar-refractivity contribution is 4.94. The molecule has 0 aromatic rings. The first-order valence-corrected chi connectivity index (χ1v) is 2.23. The minimum atomic E-state index is -0.440. The van der Waals surface area contributed by atoms with E-state index < -0.39 is 6.10 Å². The van der Waals surface area contributed by atoms with Crippen LogP contribution in [-0.4, -0.2) is 18.3 Å². The third-order valence-corrected chi connectivity index (χ3v) is 0.825. The summed E-state index contributed by atoms with van der Waals surface area (Å²) in [5, 5.41) is 11.4. The molecule has 0 spiro atoms. The molecule has 1 atom stereocenters. The monoisotopic (exact) mass is 101 g/mol. The van der Waals surface area contributed by atoms with Crippen molar-refractivity contribution < 1.29 is 5.11 Å². The highest BCUT2D eigenvalue weighted by atomic mass is 16.3. The van der Waals surface area contributed by atoms with Gasteiger partial charge in [-0.1, -0.05) is 6.58 Å². The SMILES string of the molecule is C=C(NC)C(C)O. The zero-order valence-electron chi connectivity index (χ0n) is 4.73. The van der Waals surface area contributed by atoms with Crippen molar-refractivity contribution in [1.82, 2.24) is 5.32 Å². The zero-order valence-corrected chi connectivity index (χ0v) is 4.73. The number of aliphatic hydroxyl groups excluding tert-OH is 1. The van der Waals surface area contributed by atoms with Crippen molar-refractivity contribution >= 4 is 0 Å². The molecule has 0 saturated carbocycles. The van der Waals surface area contributed by atoms with Crippen LogP contribution in [0.15, 0.2) is 12.3 Å². The van der Waals surface area contributed by atoms with Gasteiger partial charge in [0.05, 0.1) is 6.10 Å². The quantitative estimate of drug-likeness (QED) is 0.517. The van der Waals surface area contributed by atoms with Crippen LogP contribution in [0.1, 0.15) is 6.92 Å². The summed E-state index contributed by atoms with van der Waals surface area (Å²) >= 11 is 0. The van der Waals surface area contributed by atoms with Crippen LogP contribution < -0.4 is 5.32 Å². The summed E-state index contributed by atoms with van der Waals surface area (Å²) in [4.78, 5) is 0. The van der Waals surface area contributed by atoms with E-state index in [1.165, 1.54) is 0 Å². The highest BCUT2D eigenvalue weighted by Gasteiger charge is 1.94. The Labute approximate surface area is 43.9 Å². The normalized spacial score (nSPS) is 13.0. The summed E-state index contributed by atoms with van der Waals surface area (Å²) in [5.41, 5.74) is 0.653. The van der Waals surface area contributed by atoms with Gasteiger partial charge in [-0.3, -0.25) is 0 Å². The molecule has 0 radical (unpaired) electrons. The summed E-state index contributed by atoms with van der Waals surface area (Å²) < 4.78 is 0. The lowest BCUT2D eigenvalue weighted by Gasteiger charge is -2.04. The van der Waals surface area contributed by atoms with Gasteiger partial charge in [0.25, 0.3) is 0 Å². The minimum absolute atomic E-state index is 0.440. The van der Waals surface area contributed by atoms with Gasteiger partial charge in [0.15, 0.2) is 0 Å². The van der Waals surface area contributed by atoms with E-state index in [0.29, 0.717) is 5.70 Å². The second kappa shape index (κ2) is 2.64. The molecule has 42 valence electrons. The van der Waals surface area contributed by atoms with Crippen LogP contribution in [0.2, 0.25) is 0 Å². The fourth-order valence-electron chi connectivity index (χ4n) is 0.209. The molecule has 0 bridgehead atoms. The Morgan fingerprint density at radius 1 is 1.86 bits per heavy atom. The predicted octanol–water partition coefficient (Wildman–Crippen LogP) is 0.100. The number of hydrogen-bond donors (Lipinski definition) is 2. The van der Waals surface area contributed by atoms with Crippen LogP contribution in [0.25, 0.3) is 0 Å². The molecule has 0 aromatic heterocycles. The van der Waals surface area contributed by atoms with Gasteiger partial charge in [-0.2, -0.15) is 0 Å². The molecule has 0 heterocycles. The first kappa shape index (κ1) is 6.50. The number of hydrogen-bond acceptors (Lipinski definition) is 2. The Balaban J connectivity index is 3.35. The molecular weight excluding hydrogens is 90.1 g/mol. The van der Waals surface area contributed by atoms with Crippen molar-refractivity contribution in [2.75, 3.05) is 7.05 Å². The molecule has 0 aliphatic rings. The fraction of sp³-hybridized carbons (Fsp3) is 0.600. The van der Waals surface area contributed by atoms with E-state index in [4.69, 9.17) is 5.11 Å². The number of likely N-dealkylation sites (N-methyl/N-ethyl adjacent to an activating group) is 1. The lowest BCUT2D eigenvalue weighted by molar-refractivity contribution is 0.225. The first-order valence-electron chi connectivity index (χ1n) is 2.23. The van der Waals surface area contributed by atoms with Gasteiger partial charge in [-0.15, -0.1) is 0 Å². The minimum Gasteiger partial charge on any atom is -0.390 e. The summed E-state index contributed by atoms with van der Waals surface area (Å²) in [5.74, 6) is 0. The Hall–Kier alpha value is -0.500. The van der Waals surface area contributed by atoms with E-state index in [1.54, 1.807) is 14.0 Å². The zero-order chi connectivity index (χ0) is 5.86. The van der Waals surface area contributed by atoms with Crippen molar-refractivity contribution in [3.05, 3.63) is 12.3 Å². The highest BCUT2D eigenvalue weighted by Crippen LogP contribution is 1.88. The Bertz CT molecular complexity index is 68.5. The molecule has 0 aliphatic heterocycles. The van der Waals surface area contributed by atoms with Crippen molar-refractivity contribution in [2.24, 2.45) is 0 Å². The maximum Gasteiger partial charge on any atom is 0.0900 e. The average molecular weight is 101 g/mol. The summed E-state index contributed by atoms with van der Waals surface area (Å²) in [7, 11) is 1.73. The molecule has 1 unspecified atom stereocenters. The van der Waals surface area contributed by atoms with Crippen LogP contribution in [0.3, 0.4) is 0 Å². The van der Waals surface area contributed by atoms with Crippen molar-refractivity contribution in [3.63, 3.8) is 0 Å². The smallest absolute Gasteiger partial charge is 0.0900 e. The van der Waals surface area contributed by atoms with Gasteiger partial charge in [-0.05, 0) is 6.92 Å². The van der Waals surface area contributed by atoms with Crippen LogP contribution in [-0.2, 0) is 0 Å². The van der Waals surface area contributed by atoms with Gasteiger partial charge in [-0.25, -0.2) is 0 Å². The van der Waals surface area contributed by atoms with Crippen molar-refractivity contribution in [1.29, 1.82) is 0 Å². The fourth-order valence-corrected chi connectivity index (χ4v) is 0.209. The third-order valence-electron chi connectivity index (χ3n) is 0.825. The van der Waals surface area contributed by atoms with Crippen molar-refractivity contribution in [3.8, 4) is 0 Å². The molecular formula is C5H11NO. The molecule has 0 rings (SSSR count). The molecule has 0 fully saturated rings. The molecule has 0 aliphatic carbocycles. The third kappa shape index (κ3) is 2.23. The largest absolute Gasteiger partial charge is 0.390 e. The lowest BCUT2D eigenvalue weighted by Crippen LogP contribution is -2.15. The Kier molecular flexibility index (Phi) is 2.45. The van der Waals surface area contributed by atoms with Gasteiger partial charge in [0, 0.05) is 12.7 Å². The van der Waals surface area contributed by atoms with Crippen LogP contribution >= 0.6 is 0 Å². The molecule has 0 amide bonds. The van der Waals surface area contributed by atoms with Crippen molar-refractivity contribution in [2.45, 2.75) is 13.0 Å². The Morgan fingerprint density at radius 3 is 2.29 bits per heavy atom. The second-order valence-electron chi connectivity index (χ2n) is 1.45. The molecule has 2 heteroatoms.